The van der Waals surface area contributed by atoms with Crippen LogP contribution in [0.2, 0.25) is 0 Å². The molecule has 1 aromatic carbocycles. The van der Waals surface area contributed by atoms with Crippen molar-refractivity contribution < 1.29 is 23.9 Å². The number of hydroxylamine groups is 1. The Hall–Kier alpha value is -2.31. The van der Waals surface area contributed by atoms with Crippen LogP contribution in [0.5, 0.6) is 0 Å². The summed E-state index contributed by atoms with van der Waals surface area (Å²) in [6.45, 7) is 4.10. The zero-order valence-corrected chi connectivity index (χ0v) is 19.2. The van der Waals surface area contributed by atoms with E-state index in [2.05, 4.69) is 33.6 Å². The van der Waals surface area contributed by atoms with Gasteiger partial charge in [0.05, 0.1) is 27.2 Å². The summed E-state index contributed by atoms with van der Waals surface area (Å²) < 4.78 is 23.2. The van der Waals surface area contributed by atoms with Gasteiger partial charge in [0.25, 0.3) is 0 Å². The summed E-state index contributed by atoms with van der Waals surface area (Å²) in [5.74, 6) is 11.1. The minimum absolute atomic E-state index is 0.167. The number of aromatic nitrogens is 1. The lowest BCUT2D eigenvalue weighted by Gasteiger charge is -2.35. The molecule has 0 radical (unpaired) electrons. The highest BCUT2D eigenvalue weighted by atomic mass is 32.2. The summed E-state index contributed by atoms with van der Waals surface area (Å²) in [5.41, 5.74) is 1.94. The molecule has 1 aromatic heterocycles. The zero-order chi connectivity index (χ0) is 23.1. The third kappa shape index (κ3) is 6.36. The number of amides is 1. The molecule has 0 spiro atoms. The van der Waals surface area contributed by atoms with Crippen LogP contribution >= 0.6 is 11.3 Å². The van der Waals surface area contributed by atoms with E-state index in [4.69, 9.17) is 10.3 Å². The summed E-state index contributed by atoms with van der Waals surface area (Å²) in [6, 6.07) is 5.68. The quantitative estimate of drug-likeness (QED) is 0.225. The molecular formula is C22H24N3O5S2-. The average molecular weight is 475 g/mol. The number of nitrogens with zero attached hydrogens (tertiary/aromatic N) is 2. The molecule has 3 rings (SSSR count). The number of aliphatic hydroxyl groups excluding tert-OH is 1. The van der Waals surface area contributed by atoms with Crippen LogP contribution in [0.4, 0.5) is 0 Å². The number of benzene rings is 1. The summed E-state index contributed by atoms with van der Waals surface area (Å²) in [4.78, 5) is 18.6. The Morgan fingerprint density at radius 2 is 2.22 bits per heavy atom. The normalized spacial score (nSPS) is 16.8. The molecule has 1 aliphatic rings. The van der Waals surface area contributed by atoms with Crippen LogP contribution in [0.25, 0.3) is 10.2 Å². The van der Waals surface area contributed by atoms with E-state index in [1.807, 2.05) is 18.2 Å². The Kier molecular flexibility index (Phi) is 8.38. The fraction of sp³-hybridized carbons (Fsp3) is 0.455. The van der Waals surface area contributed by atoms with Crippen LogP contribution in [0.15, 0.2) is 18.2 Å². The number of hydrogen-bond acceptors (Lipinski definition) is 8. The second-order valence-corrected chi connectivity index (χ2v) is 9.95. The van der Waals surface area contributed by atoms with Crippen LogP contribution in [0.3, 0.4) is 0 Å². The van der Waals surface area contributed by atoms with Gasteiger partial charge >= 0.3 is 0 Å². The average Bonchev–Trinajstić information content (AvgIpc) is 3.14. The van der Waals surface area contributed by atoms with Gasteiger partial charge in [-0.05, 0) is 43.4 Å². The highest BCUT2D eigenvalue weighted by molar-refractivity contribution is 7.79. The number of hydrogen-bond donors (Lipinski definition) is 3. The number of thiazole rings is 1. The molecule has 0 aliphatic carbocycles. The van der Waals surface area contributed by atoms with Gasteiger partial charge in [0.2, 0.25) is 5.91 Å². The van der Waals surface area contributed by atoms with E-state index in [9.17, 15) is 13.6 Å². The van der Waals surface area contributed by atoms with Crippen LogP contribution in [-0.4, -0.2) is 66.9 Å². The first-order chi connectivity index (χ1) is 15.3. The van der Waals surface area contributed by atoms with Crippen molar-refractivity contribution >= 4 is 38.5 Å². The van der Waals surface area contributed by atoms with Crippen LogP contribution < -0.4 is 5.48 Å². The lowest BCUT2D eigenvalue weighted by molar-refractivity contribution is -0.138. The molecule has 0 bridgehead atoms. The summed E-state index contributed by atoms with van der Waals surface area (Å²) in [6.07, 6.45) is 0.633. The number of aryl methyl sites for hydroxylation is 1. The number of fused-ring (bicyclic) bond motifs is 1. The summed E-state index contributed by atoms with van der Waals surface area (Å²) in [7, 11) is 0. The number of rotatable bonds is 8. The first-order valence-electron chi connectivity index (χ1n) is 10.1. The Morgan fingerprint density at radius 3 is 2.91 bits per heavy atom. The molecule has 0 saturated carbocycles. The Morgan fingerprint density at radius 1 is 1.44 bits per heavy atom. The van der Waals surface area contributed by atoms with Crippen molar-refractivity contribution in [2.75, 3.05) is 32.0 Å². The van der Waals surface area contributed by atoms with Gasteiger partial charge in [0, 0.05) is 43.3 Å². The fourth-order valence-electron chi connectivity index (χ4n) is 3.41. The lowest BCUT2D eigenvalue weighted by atomic mass is 9.87. The molecule has 32 heavy (non-hydrogen) atoms. The van der Waals surface area contributed by atoms with E-state index >= 15 is 0 Å². The monoisotopic (exact) mass is 474 g/mol. The number of nitrogens with one attached hydrogen (secondary N) is 1. The number of β-amino-alcohol motifs (C(OH)–C–C–N with tert-alkyl or cyclic N) is 1. The molecule has 2 atom stereocenters. The lowest BCUT2D eigenvalue weighted by Crippen LogP contribution is -2.47. The van der Waals surface area contributed by atoms with Crippen LogP contribution in [0, 0.1) is 35.0 Å². The molecular weight excluding hydrogens is 450 g/mol. The molecule has 2 heterocycles. The van der Waals surface area contributed by atoms with Crippen molar-refractivity contribution in [2.24, 2.45) is 11.3 Å². The zero-order valence-electron chi connectivity index (χ0n) is 17.6. The molecule has 10 heteroatoms. The Bertz CT molecular complexity index is 1120. The predicted molar refractivity (Wildman–Crippen MR) is 121 cm³/mol. The first-order valence-corrected chi connectivity index (χ1v) is 12.1. The standard InChI is InChI=1S/C22H25N3O5S2/c1-22(15-32(29)30,21(27)24-28)9-8-20-23-18-7-6-16(12-19(18)31-20)4-2-3-5-17-13-25(14-17)10-11-26/h6-7,12,17,26,28H,8-11,13-15H2,1H3,(H,24,27)(H,29,30)/p-1/t22-/m0/s1. The predicted octanol–water partition coefficient (Wildman–Crippen LogP) is 0.899. The maximum Gasteiger partial charge on any atom is 0.250 e. The van der Waals surface area contributed by atoms with Gasteiger partial charge in [0.15, 0.2) is 0 Å². The van der Waals surface area contributed by atoms with Crippen molar-refractivity contribution in [3.05, 3.63) is 28.8 Å². The van der Waals surface area contributed by atoms with E-state index in [-0.39, 0.29) is 18.8 Å². The highest BCUT2D eigenvalue weighted by Gasteiger charge is 2.33. The van der Waals surface area contributed by atoms with E-state index < -0.39 is 22.4 Å². The van der Waals surface area contributed by atoms with E-state index in [1.54, 1.807) is 5.48 Å². The third-order valence-corrected chi connectivity index (χ3v) is 7.28. The minimum atomic E-state index is -2.42. The van der Waals surface area contributed by atoms with Gasteiger partial charge in [-0.15, -0.1) is 11.3 Å². The molecule has 3 N–H and O–H groups in total. The van der Waals surface area contributed by atoms with Gasteiger partial charge in [0.1, 0.15) is 0 Å². The van der Waals surface area contributed by atoms with Gasteiger partial charge in [-0.25, -0.2) is 10.5 Å². The smallest absolute Gasteiger partial charge is 0.250 e. The van der Waals surface area contributed by atoms with Crippen molar-refractivity contribution in [3.63, 3.8) is 0 Å². The van der Waals surface area contributed by atoms with Crippen molar-refractivity contribution in [2.45, 2.75) is 19.8 Å². The van der Waals surface area contributed by atoms with Gasteiger partial charge in [-0.2, -0.15) is 0 Å². The maximum absolute atomic E-state index is 12.0. The van der Waals surface area contributed by atoms with Crippen molar-refractivity contribution in [1.29, 1.82) is 0 Å². The number of carbonyl (C=O) groups is 1. The van der Waals surface area contributed by atoms with Crippen molar-refractivity contribution in [1.82, 2.24) is 15.4 Å². The van der Waals surface area contributed by atoms with Crippen LogP contribution in [0.1, 0.15) is 23.9 Å². The van der Waals surface area contributed by atoms with E-state index in [0.29, 0.717) is 18.9 Å². The van der Waals surface area contributed by atoms with Gasteiger partial charge < -0.3 is 9.66 Å². The SMILES string of the molecule is C[C@](CCc1nc2ccc(C#CC#CC3CN(CCO)C3)cc2s1)(CS(=O)[O-])C(=O)NO. The molecule has 1 saturated heterocycles. The maximum atomic E-state index is 12.0. The number of likely N-dealkylation sites (tertiary alicyclic amines) is 1. The second kappa shape index (κ2) is 11.0. The van der Waals surface area contributed by atoms with Gasteiger partial charge in [-0.1, -0.05) is 22.9 Å². The van der Waals surface area contributed by atoms with Crippen LogP contribution in [-0.2, 0) is 22.3 Å². The molecule has 2 aromatic rings. The Balaban J connectivity index is 1.63. The van der Waals surface area contributed by atoms with Crippen molar-refractivity contribution in [3.8, 4) is 23.7 Å². The molecule has 1 fully saturated rings. The fourth-order valence-corrected chi connectivity index (χ4v) is 5.21. The first kappa shape index (κ1) is 24.3. The highest BCUT2D eigenvalue weighted by Crippen LogP contribution is 2.29. The number of carbonyl (C=O) groups excluding carboxylic acids is 1. The summed E-state index contributed by atoms with van der Waals surface area (Å²) >= 11 is -0.955. The molecule has 170 valence electrons. The van der Waals surface area contributed by atoms with E-state index in [1.165, 1.54) is 18.3 Å². The molecule has 8 nitrogen and oxygen atoms in total. The molecule has 1 aliphatic heterocycles. The van der Waals surface area contributed by atoms with E-state index in [0.717, 1.165) is 33.9 Å². The van der Waals surface area contributed by atoms with Gasteiger partial charge in [-0.3, -0.25) is 19.1 Å². The molecule has 1 amide bonds. The molecule has 1 unspecified atom stereocenters. The Labute approximate surface area is 193 Å². The minimum Gasteiger partial charge on any atom is -0.772 e. The largest absolute Gasteiger partial charge is 0.772 e. The second-order valence-electron chi connectivity index (χ2n) is 7.94. The number of aliphatic hydroxyl groups is 1. The third-order valence-electron chi connectivity index (χ3n) is 5.33. The summed E-state index contributed by atoms with van der Waals surface area (Å²) in [5, 5.41) is 18.6. The topological polar surface area (TPSA) is 126 Å².